The van der Waals surface area contributed by atoms with Gasteiger partial charge < -0.3 is 30.0 Å². The minimum atomic E-state index is -0.609. The Morgan fingerprint density at radius 3 is 2.22 bits per heavy atom. The number of methoxy groups -OCH3 is 3. The fourth-order valence-corrected chi connectivity index (χ4v) is 3.64. The molecule has 3 N–H and O–H groups in total. The molecular weight excluding hydrogens is 462 g/mol. The standard InChI is InChI=1S/C27H25N3O6/c1-33-18-7-4-16(5-8-18)23-14-25(36-15-26(28)31)21-12-17(6-11-22(21)30-23)29-27(32)20-10-9-19(34-2)13-24(20)35-3/h4-14H,15H2,1-3H3,(H2,28,31)(H,29,32). The highest BCUT2D eigenvalue weighted by Gasteiger charge is 2.16. The van der Waals surface area contributed by atoms with Gasteiger partial charge in [-0.15, -0.1) is 0 Å². The Hall–Kier alpha value is -4.79. The predicted octanol–water partition coefficient (Wildman–Crippen LogP) is 4.04. The van der Waals surface area contributed by atoms with Crippen LogP contribution in [0.4, 0.5) is 5.69 Å². The number of rotatable bonds is 9. The minimum Gasteiger partial charge on any atom is -0.497 e. The SMILES string of the molecule is COc1ccc(-c2cc(OCC(N)=O)c3cc(NC(=O)c4ccc(OC)cc4OC)ccc3n2)cc1. The van der Waals surface area contributed by atoms with Gasteiger partial charge in [-0.25, -0.2) is 4.98 Å². The molecule has 0 aliphatic heterocycles. The van der Waals surface area contributed by atoms with Crippen LogP contribution in [0, 0.1) is 0 Å². The molecule has 0 radical (unpaired) electrons. The summed E-state index contributed by atoms with van der Waals surface area (Å²) in [6.45, 7) is -0.305. The lowest BCUT2D eigenvalue weighted by molar-refractivity contribution is -0.119. The number of amides is 2. The van der Waals surface area contributed by atoms with Crippen molar-refractivity contribution in [2.75, 3.05) is 33.3 Å². The smallest absolute Gasteiger partial charge is 0.259 e. The lowest BCUT2D eigenvalue weighted by atomic mass is 10.1. The van der Waals surface area contributed by atoms with Crippen molar-refractivity contribution in [2.24, 2.45) is 5.73 Å². The average Bonchev–Trinajstić information content (AvgIpc) is 2.91. The highest BCUT2D eigenvalue weighted by molar-refractivity contribution is 6.07. The summed E-state index contributed by atoms with van der Waals surface area (Å²) in [6.07, 6.45) is 0. The molecule has 0 fully saturated rings. The summed E-state index contributed by atoms with van der Waals surface area (Å²) in [4.78, 5) is 29.1. The maximum absolute atomic E-state index is 13.0. The van der Waals surface area contributed by atoms with Crippen LogP contribution in [0.15, 0.2) is 66.7 Å². The number of pyridine rings is 1. The van der Waals surface area contributed by atoms with Gasteiger partial charge in [-0.3, -0.25) is 9.59 Å². The van der Waals surface area contributed by atoms with Crippen LogP contribution in [0.1, 0.15) is 10.4 Å². The summed E-state index contributed by atoms with van der Waals surface area (Å²) in [5, 5.41) is 3.47. The summed E-state index contributed by atoms with van der Waals surface area (Å²) in [7, 11) is 4.62. The number of nitrogens with zero attached hydrogens (tertiary/aromatic N) is 1. The van der Waals surface area contributed by atoms with Crippen molar-refractivity contribution in [1.29, 1.82) is 0 Å². The number of hydrogen-bond donors (Lipinski definition) is 2. The van der Waals surface area contributed by atoms with E-state index >= 15 is 0 Å². The second-order valence-electron chi connectivity index (χ2n) is 7.74. The van der Waals surface area contributed by atoms with Gasteiger partial charge >= 0.3 is 0 Å². The van der Waals surface area contributed by atoms with Gasteiger partial charge in [0.25, 0.3) is 11.8 Å². The van der Waals surface area contributed by atoms with Crippen LogP contribution in [-0.2, 0) is 4.79 Å². The van der Waals surface area contributed by atoms with Crippen LogP contribution in [-0.4, -0.2) is 44.7 Å². The van der Waals surface area contributed by atoms with E-state index in [4.69, 9.17) is 29.7 Å². The molecule has 9 heteroatoms. The molecule has 0 aliphatic rings. The molecule has 1 heterocycles. The van der Waals surface area contributed by atoms with E-state index in [1.54, 1.807) is 49.6 Å². The summed E-state index contributed by atoms with van der Waals surface area (Å²) < 4.78 is 21.5. The molecule has 0 atom stereocenters. The number of nitrogens with two attached hydrogens (primary N) is 1. The van der Waals surface area contributed by atoms with E-state index in [0.717, 1.165) is 11.3 Å². The fraction of sp³-hybridized carbons (Fsp3) is 0.148. The molecule has 0 saturated heterocycles. The van der Waals surface area contributed by atoms with E-state index in [-0.39, 0.29) is 12.5 Å². The Kier molecular flexibility index (Phi) is 7.20. The summed E-state index contributed by atoms with van der Waals surface area (Å²) in [5.41, 5.74) is 8.25. The first-order valence-electron chi connectivity index (χ1n) is 11.0. The molecule has 0 unspecified atom stereocenters. The molecular formula is C27H25N3O6. The number of benzene rings is 3. The third-order valence-corrected chi connectivity index (χ3v) is 5.44. The number of ether oxygens (including phenoxy) is 4. The molecule has 184 valence electrons. The summed E-state index contributed by atoms with van der Waals surface area (Å²) in [6, 6.07) is 19.3. The van der Waals surface area contributed by atoms with Crippen molar-refractivity contribution >= 4 is 28.4 Å². The van der Waals surface area contributed by atoms with Crippen molar-refractivity contribution in [3.05, 3.63) is 72.3 Å². The number of hydrogen-bond acceptors (Lipinski definition) is 7. The van der Waals surface area contributed by atoms with Crippen LogP contribution >= 0.6 is 0 Å². The summed E-state index contributed by atoms with van der Waals surface area (Å²) in [5.74, 6) is 1.10. The maximum atomic E-state index is 13.0. The van der Waals surface area contributed by atoms with Gasteiger partial charge in [0, 0.05) is 28.8 Å². The lowest BCUT2D eigenvalue weighted by Gasteiger charge is -2.14. The number of primary amides is 1. The Morgan fingerprint density at radius 1 is 0.833 bits per heavy atom. The highest BCUT2D eigenvalue weighted by atomic mass is 16.5. The maximum Gasteiger partial charge on any atom is 0.259 e. The zero-order chi connectivity index (χ0) is 25.7. The molecule has 0 aliphatic carbocycles. The zero-order valence-corrected chi connectivity index (χ0v) is 20.0. The molecule has 2 amide bonds. The Bertz CT molecular complexity index is 1420. The number of anilines is 1. The van der Waals surface area contributed by atoms with Crippen molar-refractivity contribution in [1.82, 2.24) is 4.98 Å². The highest BCUT2D eigenvalue weighted by Crippen LogP contribution is 2.33. The molecule has 1 aromatic heterocycles. The Balaban J connectivity index is 1.70. The number of aromatic nitrogens is 1. The number of carbonyl (C=O) groups excluding carboxylic acids is 2. The second-order valence-corrected chi connectivity index (χ2v) is 7.74. The Morgan fingerprint density at radius 2 is 1.56 bits per heavy atom. The van der Waals surface area contributed by atoms with Crippen LogP contribution in [0.2, 0.25) is 0 Å². The van der Waals surface area contributed by atoms with Crippen molar-refractivity contribution < 1.29 is 28.5 Å². The molecule has 4 aromatic rings. The van der Waals surface area contributed by atoms with E-state index in [9.17, 15) is 9.59 Å². The van der Waals surface area contributed by atoms with Gasteiger partial charge in [0.05, 0.1) is 38.1 Å². The van der Waals surface area contributed by atoms with E-state index in [1.165, 1.54) is 14.2 Å². The zero-order valence-electron chi connectivity index (χ0n) is 20.0. The molecule has 0 saturated carbocycles. The normalized spacial score (nSPS) is 10.5. The third kappa shape index (κ3) is 5.30. The number of nitrogens with one attached hydrogen (secondary N) is 1. The molecule has 0 bridgehead atoms. The molecule has 4 rings (SSSR count). The third-order valence-electron chi connectivity index (χ3n) is 5.44. The monoisotopic (exact) mass is 487 g/mol. The number of fused-ring (bicyclic) bond motifs is 1. The van der Waals surface area contributed by atoms with Crippen molar-refractivity contribution in [3.63, 3.8) is 0 Å². The molecule has 0 spiro atoms. The van der Waals surface area contributed by atoms with Crippen molar-refractivity contribution in [2.45, 2.75) is 0 Å². The van der Waals surface area contributed by atoms with Crippen LogP contribution in [0.3, 0.4) is 0 Å². The van der Waals surface area contributed by atoms with Crippen LogP contribution in [0.5, 0.6) is 23.0 Å². The molecule has 3 aromatic carbocycles. The minimum absolute atomic E-state index is 0.305. The predicted molar refractivity (Wildman–Crippen MR) is 136 cm³/mol. The van der Waals surface area contributed by atoms with Gasteiger partial charge in [-0.1, -0.05) is 0 Å². The fourth-order valence-electron chi connectivity index (χ4n) is 3.64. The van der Waals surface area contributed by atoms with E-state index in [0.29, 0.717) is 45.1 Å². The first-order chi connectivity index (χ1) is 17.4. The van der Waals surface area contributed by atoms with Gasteiger partial charge in [0.15, 0.2) is 6.61 Å². The van der Waals surface area contributed by atoms with Crippen LogP contribution in [0.25, 0.3) is 22.2 Å². The molecule has 36 heavy (non-hydrogen) atoms. The quantitative estimate of drug-likeness (QED) is 0.365. The first kappa shape index (κ1) is 24.3. The second kappa shape index (κ2) is 10.6. The average molecular weight is 488 g/mol. The van der Waals surface area contributed by atoms with E-state index in [2.05, 4.69) is 5.32 Å². The van der Waals surface area contributed by atoms with Gasteiger partial charge in [-0.05, 0) is 54.6 Å². The van der Waals surface area contributed by atoms with Crippen LogP contribution < -0.4 is 30.0 Å². The molecule has 9 nitrogen and oxygen atoms in total. The van der Waals surface area contributed by atoms with Gasteiger partial charge in [0.2, 0.25) is 0 Å². The van der Waals surface area contributed by atoms with Crippen molar-refractivity contribution in [3.8, 4) is 34.3 Å². The largest absolute Gasteiger partial charge is 0.497 e. The topological polar surface area (TPSA) is 122 Å². The van der Waals surface area contributed by atoms with Gasteiger partial charge in [0.1, 0.15) is 23.0 Å². The number of carbonyl (C=O) groups is 2. The lowest BCUT2D eigenvalue weighted by Crippen LogP contribution is -2.20. The Labute approximate surface area is 207 Å². The first-order valence-corrected chi connectivity index (χ1v) is 11.0. The van der Waals surface area contributed by atoms with E-state index in [1.807, 2.05) is 24.3 Å². The van der Waals surface area contributed by atoms with E-state index < -0.39 is 5.91 Å². The van der Waals surface area contributed by atoms with Gasteiger partial charge in [-0.2, -0.15) is 0 Å². The summed E-state index contributed by atoms with van der Waals surface area (Å²) >= 11 is 0.